The summed E-state index contributed by atoms with van der Waals surface area (Å²) in [6.07, 6.45) is -5.87. The number of phenols is 2. The van der Waals surface area contributed by atoms with Crippen LogP contribution in [0, 0.1) is 30.1 Å². The number of thiol groups is 1. The van der Waals surface area contributed by atoms with Gasteiger partial charge >= 0.3 is 24.5 Å². The highest BCUT2D eigenvalue weighted by molar-refractivity contribution is 7.99. The van der Waals surface area contributed by atoms with Crippen molar-refractivity contribution in [1.82, 2.24) is 0 Å². The summed E-state index contributed by atoms with van der Waals surface area (Å²) in [5, 5.41) is 35.5. The Balaban J connectivity index is 0.00000110. The van der Waals surface area contributed by atoms with E-state index in [1.54, 1.807) is 79.0 Å². The maximum absolute atomic E-state index is 12.6. The summed E-state index contributed by atoms with van der Waals surface area (Å²) in [5.74, 6) is 5.60. The summed E-state index contributed by atoms with van der Waals surface area (Å²) in [7, 11) is 0. The number of carboxylic acid groups (broad SMARTS) is 1. The number of alkyl halides is 9. The number of aliphatic carboxylic acids is 1. The van der Waals surface area contributed by atoms with E-state index in [-0.39, 0.29) is 57.3 Å². The van der Waals surface area contributed by atoms with Gasteiger partial charge in [-0.3, -0.25) is 0 Å². The molecule has 3 atom stereocenters. The highest BCUT2D eigenvalue weighted by Crippen LogP contribution is 2.34. The van der Waals surface area contributed by atoms with Gasteiger partial charge in [0.15, 0.2) is 6.61 Å². The van der Waals surface area contributed by atoms with Crippen LogP contribution >= 0.6 is 36.2 Å². The van der Waals surface area contributed by atoms with Gasteiger partial charge in [-0.25, -0.2) is 4.79 Å². The van der Waals surface area contributed by atoms with Crippen molar-refractivity contribution in [2.24, 2.45) is 17.8 Å². The van der Waals surface area contributed by atoms with E-state index in [1.807, 2.05) is 38.1 Å². The lowest BCUT2D eigenvalue weighted by molar-refractivity contribution is -0.139. The third kappa shape index (κ3) is 32.2. The molecule has 0 aliphatic heterocycles. The predicted octanol–water partition coefficient (Wildman–Crippen LogP) is 17.7. The van der Waals surface area contributed by atoms with Gasteiger partial charge in [0.25, 0.3) is 0 Å². The summed E-state index contributed by atoms with van der Waals surface area (Å²) in [6, 6.07) is 34.8. The van der Waals surface area contributed by atoms with Crippen molar-refractivity contribution >= 4 is 42.1 Å². The second-order valence-corrected chi connectivity index (χ2v) is 19.8. The lowest BCUT2D eigenvalue weighted by atomic mass is 10.1. The van der Waals surface area contributed by atoms with Gasteiger partial charge in [0, 0.05) is 50.6 Å². The SMILES string of the molecule is C.C.C#CC.CCC(CO)COc1ccc(C(F)(F)F)cc1.CCC(COc1ccc(C(F)(F)F)cc1)CSc1ccc(O)cc1.CCC(COc1ccc(C(F)(F)F)cc1)CSc1ccc(OCC(=O)O)cc1.Oc1ccc(S)cc1. The minimum atomic E-state index is -4.35. The van der Waals surface area contributed by atoms with Crippen LogP contribution in [-0.4, -0.2) is 70.9 Å². The number of hydrogen-bond acceptors (Lipinski definition) is 11. The number of rotatable bonds is 22. The number of aromatic hydroxyl groups is 2. The number of aliphatic hydroxyl groups excluding tert-OH is 1. The average molecular weight is 1220 g/mol. The molecule has 6 rings (SSSR count). The van der Waals surface area contributed by atoms with Crippen LogP contribution in [0.2, 0.25) is 0 Å². The number of carboxylic acids is 1. The molecule has 6 aromatic carbocycles. The molecule has 0 aromatic heterocycles. The van der Waals surface area contributed by atoms with Crippen LogP contribution in [0.4, 0.5) is 39.5 Å². The Bertz CT molecular complexity index is 2630. The van der Waals surface area contributed by atoms with Crippen molar-refractivity contribution in [2.75, 3.05) is 44.5 Å². The summed E-state index contributed by atoms with van der Waals surface area (Å²) >= 11 is 7.31. The first-order valence-electron chi connectivity index (χ1n) is 24.7. The molecule has 0 saturated heterocycles. The van der Waals surface area contributed by atoms with E-state index >= 15 is 0 Å². The van der Waals surface area contributed by atoms with Crippen molar-refractivity contribution in [3.63, 3.8) is 0 Å². The zero-order valence-corrected chi connectivity index (χ0v) is 46.8. The maximum atomic E-state index is 12.6. The molecule has 21 heteroatoms. The van der Waals surface area contributed by atoms with Gasteiger partial charge in [0.2, 0.25) is 0 Å². The van der Waals surface area contributed by atoms with Crippen LogP contribution in [0.25, 0.3) is 0 Å². The Morgan fingerprint density at radius 3 is 1.05 bits per heavy atom. The Labute approximate surface area is 490 Å². The summed E-state index contributed by atoms with van der Waals surface area (Å²) in [4.78, 5) is 13.4. The molecule has 0 aliphatic carbocycles. The number of hydrogen-bond donors (Lipinski definition) is 5. The number of carbonyl (C=O) groups is 1. The van der Waals surface area contributed by atoms with E-state index in [2.05, 4.69) is 31.9 Å². The van der Waals surface area contributed by atoms with E-state index < -0.39 is 41.2 Å². The smallest absolute Gasteiger partial charge is 0.416 e. The topological polar surface area (TPSA) is 135 Å². The number of terminal acetylenes is 1. The number of phenolic OH excluding ortho intramolecular Hbond substituents is 2. The molecule has 0 aliphatic rings. The largest absolute Gasteiger partial charge is 0.508 e. The first kappa shape index (κ1) is 75.5. The van der Waals surface area contributed by atoms with Gasteiger partial charge in [0.1, 0.15) is 34.5 Å². The second-order valence-electron chi connectivity index (χ2n) is 17.1. The van der Waals surface area contributed by atoms with Crippen molar-refractivity contribution in [3.05, 3.63) is 162 Å². The Morgan fingerprint density at radius 2 is 0.780 bits per heavy atom. The molecule has 0 bridgehead atoms. The van der Waals surface area contributed by atoms with Crippen LogP contribution in [0.1, 0.15) is 78.5 Å². The van der Waals surface area contributed by atoms with E-state index in [0.717, 1.165) is 81.9 Å². The average Bonchev–Trinajstić information content (AvgIpc) is 3.49. The Kier molecular flexibility index (Phi) is 36.7. The molecule has 3 unspecified atom stereocenters. The molecule has 0 spiro atoms. The van der Waals surface area contributed by atoms with Gasteiger partial charge in [-0.1, -0.05) is 35.6 Å². The molecule has 82 heavy (non-hydrogen) atoms. The first-order chi connectivity index (χ1) is 37.8. The van der Waals surface area contributed by atoms with E-state index in [1.165, 1.54) is 36.4 Å². The third-order valence-corrected chi connectivity index (χ3v) is 13.6. The number of halogens is 9. The van der Waals surface area contributed by atoms with Crippen molar-refractivity contribution in [3.8, 4) is 46.8 Å². The van der Waals surface area contributed by atoms with Crippen molar-refractivity contribution in [2.45, 2.75) is 95.0 Å². The van der Waals surface area contributed by atoms with E-state index in [0.29, 0.717) is 42.8 Å². The van der Waals surface area contributed by atoms with Crippen LogP contribution in [-0.2, 0) is 23.3 Å². The minimum Gasteiger partial charge on any atom is -0.508 e. The number of ether oxygens (including phenoxy) is 4. The van der Waals surface area contributed by atoms with Gasteiger partial charge in [0.05, 0.1) is 36.5 Å². The van der Waals surface area contributed by atoms with Crippen LogP contribution < -0.4 is 18.9 Å². The maximum Gasteiger partial charge on any atom is 0.416 e. The zero-order valence-electron chi connectivity index (χ0n) is 44.2. The fourth-order valence-corrected chi connectivity index (χ4v) is 8.26. The predicted molar refractivity (Wildman–Crippen MR) is 312 cm³/mol. The molecule has 0 amide bonds. The van der Waals surface area contributed by atoms with Crippen LogP contribution in [0.15, 0.2) is 160 Å². The molecule has 6 aromatic rings. The summed E-state index contributed by atoms with van der Waals surface area (Å²) < 4.78 is 134. The molecule has 0 fully saturated rings. The second kappa shape index (κ2) is 39.9. The lowest BCUT2D eigenvalue weighted by Crippen LogP contribution is -2.15. The van der Waals surface area contributed by atoms with Gasteiger partial charge in [-0.2, -0.15) is 39.5 Å². The van der Waals surface area contributed by atoms with E-state index in [4.69, 9.17) is 34.3 Å². The normalized spacial score (nSPS) is 11.8. The Morgan fingerprint density at radius 1 is 0.512 bits per heavy atom. The molecule has 0 saturated carbocycles. The van der Waals surface area contributed by atoms with Crippen LogP contribution in [0.3, 0.4) is 0 Å². The molecular formula is C61H73F9O9S3. The summed E-state index contributed by atoms with van der Waals surface area (Å²) in [5.41, 5.74) is -2.07. The van der Waals surface area contributed by atoms with E-state index in [9.17, 15) is 49.4 Å². The minimum absolute atomic E-state index is 0. The Hall–Kier alpha value is -6.47. The fraction of sp³-hybridized carbons (Fsp3) is 0.361. The first-order valence-corrected chi connectivity index (χ1v) is 27.1. The highest BCUT2D eigenvalue weighted by atomic mass is 32.2. The number of benzene rings is 6. The van der Waals surface area contributed by atoms with Crippen LogP contribution in [0.5, 0.6) is 34.5 Å². The summed E-state index contributed by atoms with van der Waals surface area (Å²) in [6.45, 7) is 8.45. The molecule has 4 N–H and O–H groups in total. The van der Waals surface area contributed by atoms with Gasteiger partial charge < -0.3 is 39.4 Å². The quantitative estimate of drug-likeness (QED) is 0.0192. The zero-order chi connectivity index (χ0) is 59.7. The standard InChI is InChI=1S/C20H21F3O4S.C18H19F3O2S.C12H15F3O2.C6H6OS.C3H4.2CH4/c1-2-14(11-26-16-5-3-15(4-6-16)20(21,22)23)13-28-18-9-7-17(8-10-18)27-12-19(24)25;1-2-13(12-24-17-9-5-15(22)6-10-17)11-23-16-7-3-14(4-8-16)18(19,20)21;1-2-9(7-16)8-17-11-5-3-10(4-6-11)12(13,14)15;7-5-1-3-6(8)4-2-5;1-3-2;;/h3-10,14H,2,11-13H2,1H3,(H,24,25);3-10,13,22H,2,11-12H2,1H3;3-6,9,16H,2,7-8H2,1H3;1-4,7-8H;1H,2H3;2*1H4. The lowest BCUT2D eigenvalue weighted by Gasteiger charge is -2.16. The molecule has 0 heterocycles. The number of aliphatic hydroxyl groups is 1. The third-order valence-electron chi connectivity index (χ3n) is 10.8. The molecule has 0 radical (unpaired) electrons. The molecule has 452 valence electrons. The highest BCUT2D eigenvalue weighted by Gasteiger charge is 2.32. The van der Waals surface area contributed by atoms with Crippen molar-refractivity contribution < 1.29 is 83.7 Å². The van der Waals surface area contributed by atoms with Gasteiger partial charge in [-0.15, -0.1) is 48.5 Å². The number of thioether (sulfide) groups is 2. The van der Waals surface area contributed by atoms with Crippen molar-refractivity contribution in [1.29, 1.82) is 0 Å². The molecular weight excluding hydrogens is 1140 g/mol. The fourth-order valence-electron chi connectivity index (χ4n) is 5.93. The molecule has 9 nitrogen and oxygen atoms in total. The van der Waals surface area contributed by atoms with Gasteiger partial charge in [-0.05, 0) is 172 Å². The monoisotopic (exact) mass is 1220 g/mol.